The fourth-order valence-electron chi connectivity index (χ4n) is 6.23. The summed E-state index contributed by atoms with van der Waals surface area (Å²) in [5.74, 6) is 1.05. The van der Waals surface area contributed by atoms with Gasteiger partial charge < -0.3 is 14.4 Å². The second-order valence-corrected chi connectivity index (χ2v) is 11.5. The third-order valence-electron chi connectivity index (χ3n) is 8.53. The second kappa shape index (κ2) is 14.4. The van der Waals surface area contributed by atoms with E-state index in [1.54, 1.807) is 18.2 Å². The van der Waals surface area contributed by atoms with Crippen LogP contribution in [-0.2, 0) is 17.8 Å². The molecule has 0 N–H and O–H groups in total. The van der Waals surface area contributed by atoms with Crippen LogP contribution in [0.15, 0.2) is 73.1 Å². The zero-order valence-corrected chi connectivity index (χ0v) is 24.0. The molecule has 1 amide bonds. The van der Waals surface area contributed by atoms with E-state index >= 15 is 0 Å². The van der Waals surface area contributed by atoms with Crippen LogP contribution in [0.3, 0.4) is 0 Å². The van der Waals surface area contributed by atoms with Crippen molar-refractivity contribution in [3.8, 4) is 11.5 Å². The van der Waals surface area contributed by atoms with Gasteiger partial charge in [0.25, 0.3) is 0 Å². The van der Waals surface area contributed by atoms with Gasteiger partial charge >= 0.3 is 0 Å². The molecule has 1 saturated heterocycles. The number of piperidine rings is 1. The molecule has 2 aromatic carbocycles. The van der Waals surface area contributed by atoms with Gasteiger partial charge in [0.2, 0.25) is 5.91 Å². The molecule has 218 valence electrons. The van der Waals surface area contributed by atoms with Crippen LogP contribution in [0.4, 0.5) is 4.39 Å². The molecule has 0 saturated carbocycles. The molecular weight excluding hydrogens is 517 g/mol. The summed E-state index contributed by atoms with van der Waals surface area (Å²) in [4.78, 5) is 21.9. The van der Waals surface area contributed by atoms with Gasteiger partial charge in [-0.15, -0.1) is 0 Å². The molecule has 0 bridgehead atoms. The van der Waals surface area contributed by atoms with E-state index in [1.165, 1.54) is 17.2 Å². The van der Waals surface area contributed by atoms with Crippen molar-refractivity contribution in [2.75, 3.05) is 39.4 Å². The van der Waals surface area contributed by atoms with Crippen LogP contribution in [-0.4, -0.2) is 60.1 Å². The van der Waals surface area contributed by atoms with Crippen LogP contribution in [0.2, 0.25) is 0 Å². The summed E-state index contributed by atoms with van der Waals surface area (Å²) < 4.78 is 25.6. The van der Waals surface area contributed by atoms with Gasteiger partial charge in [0.15, 0.2) is 11.6 Å². The molecule has 6 nitrogen and oxygen atoms in total. The molecule has 0 aliphatic carbocycles. The minimum absolute atomic E-state index is 0.169. The molecule has 0 radical (unpaired) electrons. The maximum atomic E-state index is 13.8. The largest absolute Gasteiger partial charge is 0.492 e. The number of aryl methyl sites for hydroxylation is 1. The number of benzene rings is 2. The maximum absolute atomic E-state index is 13.8. The SMILES string of the molecule is O=C(CCCOc1ccccc1F)N1CCC2(CCCCc3ccccc3OCCN(Cc3cccnc3)C2)CC1. The fourth-order valence-corrected chi connectivity index (χ4v) is 6.23. The first kappa shape index (κ1) is 29.1. The number of halogens is 1. The van der Waals surface area contributed by atoms with E-state index in [2.05, 4.69) is 40.2 Å². The summed E-state index contributed by atoms with van der Waals surface area (Å²) in [6.07, 6.45) is 11.3. The van der Waals surface area contributed by atoms with Crippen LogP contribution in [0.25, 0.3) is 0 Å². The fraction of sp³-hybridized carbons (Fsp3) is 0.471. The average molecular weight is 560 g/mol. The Bertz CT molecular complexity index is 1250. The van der Waals surface area contributed by atoms with E-state index in [4.69, 9.17) is 9.47 Å². The molecule has 1 aromatic heterocycles. The van der Waals surface area contributed by atoms with Crippen LogP contribution in [0.1, 0.15) is 56.1 Å². The van der Waals surface area contributed by atoms with E-state index in [0.717, 1.165) is 77.0 Å². The van der Waals surface area contributed by atoms with Gasteiger partial charge in [0.05, 0.1) is 6.61 Å². The summed E-state index contributed by atoms with van der Waals surface area (Å²) in [6.45, 7) is 5.22. The molecule has 2 aliphatic heterocycles. The van der Waals surface area contributed by atoms with Crippen molar-refractivity contribution in [2.24, 2.45) is 5.41 Å². The summed E-state index contributed by atoms with van der Waals surface area (Å²) in [7, 11) is 0. The number of carbonyl (C=O) groups is 1. The van der Waals surface area contributed by atoms with Gasteiger partial charge in [-0.1, -0.05) is 42.8 Å². The van der Waals surface area contributed by atoms with Crippen molar-refractivity contribution in [1.29, 1.82) is 0 Å². The highest BCUT2D eigenvalue weighted by atomic mass is 19.1. The highest BCUT2D eigenvalue weighted by Crippen LogP contribution is 2.39. The molecule has 0 unspecified atom stereocenters. The smallest absolute Gasteiger partial charge is 0.222 e. The van der Waals surface area contributed by atoms with Gasteiger partial charge in [-0.05, 0) is 79.3 Å². The highest BCUT2D eigenvalue weighted by molar-refractivity contribution is 5.76. The molecule has 0 atom stereocenters. The van der Waals surface area contributed by atoms with Crippen LogP contribution in [0.5, 0.6) is 11.5 Å². The van der Waals surface area contributed by atoms with Crippen LogP contribution in [0, 0.1) is 11.2 Å². The van der Waals surface area contributed by atoms with Crippen molar-refractivity contribution in [1.82, 2.24) is 14.8 Å². The minimum Gasteiger partial charge on any atom is -0.492 e. The van der Waals surface area contributed by atoms with Gasteiger partial charge in [-0.3, -0.25) is 14.7 Å². The van der Waals surface area contributed by atoms with E-state index in [9.17, 15) is 9.18 Å². The number of ether oxygens (including phenoxy) is 2. The minimum atomic E-state index is -0.370. The van der Waals surface area contributed by atoms with E-state index in [1.807, 2.05) is 23.4 Å². The van der Waals surface area contributed by atoms with Gasteiger partial charge in [0, 0.05) is 51.5 Å². The molecule has 1 spiro atoms. The Kier molecular flexibility index (Phi) is 10.2. The molecule has 3 aromatic rings. The lowest BCUT2D eigenvalue weighted by molar-refractivity contribution is -0.134. The van der Waals surface area contributed by atoms with Crippen molar-refractivity contribution in [2.45, 2.75) is 57.9 Å². The third-order valence-corrected chi connectivity index (χ3v) is 8.53. The maximum Gasteiger partial charge on any atom is 0.222 e. The molecule has 2 aliphatic rings. The number of hydrogen-bond donors (Lipinski definition) is 0. The molecule has 7 heteroatoms. The third kappa shape index (κ3) is 8.29. The second-order valence-electron chi connectivity index (χ2n) is 11.5. The highest BCUT2D eigenvalue weighted by Gasteiger charge is 2.37. The number of aromatic nitrogens is 1. The Labute approximate surface area is 243 Å². The zero-order valence-electron chi connectivity index (χ0n) is 24.0. The predicted molar refractivity (Wildman–Crippen MR) is 158 cm³/mol. The zero-order chi connectivity index (χ0) is 28.3. The van der Waals surface area contributed by atoms with E-state index in [-0.39, 0.29) is 22.9 Å². The Balaban J connectivity index is 1.19. The summed E-state index contributed by atoms with van der Waals surface area (Å²) >= 11 is 0. The van der Waals surface area contributed by atoms with E-state index in [0.29, 0.717) is 26.1 Å². The summed E-state index contributed by atoms with van der Waals surface area (Å²) in [5, 5.41) is 0. The average Bonchev–Trinajstić information content (AvgIpc) is 2.99. The number of rotatable bonds is 7. The van der Waals surface area contributed by atoms with Crippen molar-refractivity contribution in [3.63, 3.8) is 0 Å². The number of carbonyl (C=O) groups excluding carboxylic acids is 1. The number of nitrogens with zero attached hydrogens (tertiary/aromatic N) is 3. The van der Waals surface area contributed by atoms with Crippen molar-refractivity contribution in [3.05, 3.63) is 90.0 Å². The monoisotopic (exact) mass is 559 g/mol. The van der Waals surface area contributed by atoms with E-state index < -0.39 is 0 Å². The number of fused-ring (bicyclic) bond motifs is 1. The topological polar surface area (TPSA) is 54.9 Å². The van der Waals surface area contributed by atoms with Crippen LogP contribution < -0.4 is 9.47 Å². The van der Waals surface area contributed by atoms with Crippen molar-refractivity contribution < 1.29 is 18.7 Å². The number of amides is 1. The Hall–Kier alpha value is -3.45. The Morgan fingerprint density at radius 1 is 0.976 bits per heavy atom. The van der Waals surface area contributed by atoms with Crippen molar-refractivity contribution >= 4 is 5.91 Å². The predicted octanol–water partition coefficient (Wildman–Crippen LogP) is 6.30. The molecule has 3 heterocycles. The first-order chi connectivity index (χ1) is 20.1. The molecule has 5 rings (SSSR count). The lowest BCUT2D eigenvalue weighted by Gasteiger charge is -2.45. The lowest BCUT2D eigenvalue weighted by atomic mass is 9.73. The van der Waals surface area contributed by atoms with Gasteiger partial charge in [-0.25, -0.2) is 4.39 Å². The normalized spacial score (nSPS) is 18.0. The molecular formula is C34H42FN3O3. The first-order valence-corrected chi connectivity index (χ1v) is 15.1. The number of hydrogen-bond acceptors (Lipinski definition) is 5. The Morgan fingerprint density at radius 3 is 2.63 bits per heavy atom. The lowest BCUT2D eigenvalue weighted by Crippen LogP contribution is -2.48. The van der Waals surface area contributed by atoms with Gasteiger partial charge in [0.1, 0.15) is 12.4 Å². The van der Waals surface area contributed by atoms with Crippen LogP contribution >= 0.6 is 0 Å². The number of pyridine rings is 1. The summed E-state index contributed by atoms with van der Waals surface area (Å²) in [5.41, 5.74) is 2.67. The number of likely N-dealkylation sites (tertiary alicyclic amines) is 1. The quantitative estimate of drug-likeness (QED) is 0.318. The number of para-hydroxylation sites is 2. The summed E-state index contributed by atoms with van der Waals surface area (Å²) in [6, 6.07) is 19.0. The molecule has 41 heavy (non-hydrogen) atoms. The standard InChI is InChI=1S/C34H42FN3O3/c35-30-12-2-4-14-32(30)40-23-8-15-33(39)38-20-17-34(18-21-38)16-6-5-11-29-10-1-3-13-31(29)41-24-22-37(27-34)26-28-9-7-19-36-25-28/h1-4,7,9-10,12-14,19,25H,5-6,8,11,15-18,20-24,26-27H2. The molecule has 1 fully saturated rings. The first-order valence-electron chi connectivity index (χ1n) is 15.1. The van der Waals surface area contributed by atoms with Gasteiger partial charge in [-0.2, -0.15) is 0 Å². The Morgan fingerprint density at radius 2 is 1.80 bits per heavy atom.